The summed E-state index contributed by atoms with van der Waals surface area (Å²) in [6.07, 6.45) is 3.96. The zero-order chi connectivity index (χ0) is 13.9. The van der Waals surface area contributed by atoms with Gasteiger partial charge >= 0.3 is 0 Å². The fraction of sp³-hybridized carbons (Fsp3) is 0.364. The largest absolute Gasteiger partial charge is 0.330 e. The number of hydrogen-bond acceptors (Lipinski definition) is 5. The van der Waals surface area contributed by atoms with Crippen LogP contribution in [-0.4, -0.2) is 25.2 Å². The third-order valence-corrected chi connectivity index (χ3v) is 5.82. The van der Waals surface area contributed by atoms with Crippen LogP contribution in [0.3, 0.4) is 0 Å². The summed E-state index contributed by atoms with van der Waals surface area (Å²) in [7, 11) is -3.50. The molecule has 1 atom stereocenters. The lowest BCUT2D eigenvalue weighted by molar-refractivity contribution is 0.569. The maximum atomic E-state index is 12.2. The second-order valence-corrected chi connectivity index (χ2v) is 7.24. The van der Waals surface area contributed by atoms with Crippen molar-refractivity contribution in [1.82, 2.24) is 14.9 Å². The number of nitrogens with two attached hydrogens (primary N) is 1. The Balaban J connectivity index is 2.13. The molecule has 0 aliphatic rings. The molecule has 0 saturated heterocycles. The van der Waals surface area contributed by atoms with Gasteiger partial charge in [0.15, 0.2) is 0 Å². The molecule has 0 spiro atoms. The first-order valence-electron chi connectivity index (χ1n) is 5.82. The van der Waals surface area contributed by atoms with Crippen molar-refractivity contribution >= 4 is 21.4 Å². The topological polar surface area (TPSA) is 101 Å². The van der Waals surface area contributed by atoms with Gasteiger partial charge in [-0.3, -0.25) is 5.10 Å². The molecule has 4 N–H and O–H groups in total. The molecule has 8 heteroatoms. The van der Waals surface area contributed by atoms with Crippen LogP contribution in [0.5, 0.6) is 0 Å². The predicted molar refractivity (Wildman–Crippen MR) is 74.4 cm³/mol. The average Bonchev–Trinajstić information content (AvgIpc) is 2.99. The van der Waals surface area contributed by atoms with Crippen LogP contribution in [0.25, 0.3) is 0 Å². The van der Waals surface area contributed by atoms with Gasteiger partial charge in [0.05, 0.1) is 6.20 Å². The molecule has 2 heterocycles. The van der Waals surface area contributed by atoms with Gasteiger partial charge in [0.1, 0.15) is 4.21 Å². The fourth-order valence-electron chi connectivity index (χ4n) is 1.64. The third kappa shape index (κ3) is 3.41. The summed E-state index contributed by atoms with van der Waals surface area (Å²) in [6.45, 7) is 2.29. The highest BCUT2D eigenvalue weighted by Gasteiger charge is 2.20. The first-order chi connectivity index (χ1) is 9.03. The lowest BCUT2D eigenvalue weighted by Gasteiger charge is -2.11. The summed E-state index contributed by atoms with van der Waals surface area (Å²) in [5.74, 6) is 0. The third-order valence-electron chi connectivity index (χ3n) is 2.64. The molecule has 0 aromatic carbocycles. The second-order valence-electron chi connectivity index (χ2n) is 4.13. The number of sulfonamides is 1. The van der Waals surface area contributed by atoms with E-state index >= 15 is 0 Å². The Labute approximate surface area is 116 Å². The lowest BCUT2D eigenvalue weighted by atomic mass is 10.2. The summed E-state index contributed by atoms with van der Waals surface area (Å²) in [4.78, 5) is 0.971. The summed E-state index contributed by atoms with van der Waals surface area (Å²) >= 11 is 1.25. The van der Waals surface area contributed by atoms with Crippen LogP contribution in [-0.2, 0) is 16.4 Å². The first-order valence-corrected chi connectivity index (χ1v) is 8.12. The number of nitrogens with one attached hydrogen (secondary N) is 2. The van der Waals surface area contributed by atoms with Gasteiger partial charge in [-0.2, -0.15) is 5.10 Å². The highest BCUT2D eigenvalue weighted by Crippen LogP contribution is 2.23. The molecule has 0 saturated carbocycles. The van der Waals surface area contributed by atoms with Crippen LogP contribution >= 0.6 is 11.3 Å². The smallest absolute Gasteiger partial charge is 0.250 e. The van der Waals surface area contributed by atoms with E-state index in [1.165, 1.54) is 11.3 Å². The van der Waals surface area contributed by atoms with E-state index in [2.05, 4.69) is 14.9 Å². The highest BCUT2D eigenvalue weighted by atomic mass is 32.2. The van der Waals surface area contributed by atoms with Crippen LogP contribution in [0.4, 0.5) is 0 Å². The molecule has 6 nitrogen and oxygen atoms in total. The van der Waals surface area contributed by atoms with Gasteiger partial charge in [0, 0.05) is 22.7 Å². The normalized spacial score (nSPS) is 13.6. The van der Waals surface area contributed by atoms with Crippen molar-refractivity contribution in [3.63, 3.8) is 0 Å². The highest BCUT2D eigenvalue weighted by molar-refractivity contribution is 7.91. The van der Waals surface area contributed by atoms with E-state index in [4.69, 9.17) is 5.73 Å². The minimum atomic E-state index is -3.50. The predicted octanol–water partition coefficient (Wildman–Crippen LogP) is 1.01. The van der Waals surface area contributed by atoms with Crippen molar-refractivity contribution in [2.45, 2.75) is 23.6 Å². The zero-order valence-corrected chi connectivity index (χ0v) is 12.1. The Morgan fingerprint density at radius 1 is 1.53 bits per heavy atom. The number of thiophene rings is 1. The number of aromatic nitrogens is 2. The maximum absolute atomic E-state index is 12.2. The molecule has 2 rings (SSSR count). The Hall–Kier alpha value is -1.22. The maximum Gasteiger partial charge on any atom is 0.250 e. The van der Waals surface area contributed by atoms with Crippen molar-refractivity contribution in [3.05, 3.63) is 35.0 Å². The molecule has 0 bridgehead atoms. The summed E-state index contributed by atoms with van der Waals surface area (Å²) in [6, 6.07) is 3.08. The minimum absolute atomic E-state index is 0.311. The van der Waals surface area contributed by atoms with Gasteiger partial charge in [-0.05, 0) is 32.0 Å². The molecule has 1 unspecified atom stereocenters. The number of H-pyrrole nitrogens is 1. The number of rotatable bonds is 6. The van der Waals surface area contributed by atoms with Crippen molar-refractivity contribution in [2.24, 2.45) is 5.73 Å². The SMILES string of the molecule is CC(NS(=O)(=O)c1ccc(CCN)s1)c1cn[nH]c1. The van der Waals surface area contributed by atoms with E-state index in [-0.39, 0.29) is 6.04 Å². The molecule has 0 fully saturated rings. The zero-order valence-electron chi connectivity index (χ0n) is 10.5. The molecular formula is C11H16N4O2S2. The molecular weight excluding hydrogens is 284 g/mol. The van der Waals surface area contributed by atoms with Crippen LogP contribution < -0.4 is 10.5 Å². The molecule has 2 aromatic rings. The Morgan fingerprint density at radius 2 is 2.32 bits per heavy atom. The Morgan fingerprint density at radius 3 is 2.95 bits per heavy atom. The Bertz CT molecular complexity index is 619. The average molecular weight is 300 g/mol. The van der Waals surface area contributed by atoms with Gasteiger partial charge in [0.2, 0.25) is 0 Å². The van der Waals surface area contributed by atoms with Gasteiger partial charge in [-0.1, -0.05) is 0 Å². The molecule has 0 aliphatic heterocycles. The summed E-state index contributed by atoms with van der Waals surface area (Å²) in [5, 5.41) is 6.46. The standard InChI is InChI=1S/C11H16N4O2S2/c1-8(9-6-13-14-7-9)15-19(16,17)11-3-2-10(18-11)4-5-12/h2-3,6-8,15H,4-5,12H2,1H3,(H,13,14). The number of aromatic amines is 1. The lowest BCUT2D eigenvalue weighted by Crippen LogP contribution is -2.25. The quantitative estimate of drug-likeness (QED) is 0.741. The fourth-order valence-corrected chi connectivity index (χ4v) is 4.26. The van der Waals surface area contributed by atoms with Crippen LogP contribution in [0.1, 0.15) is 23.4 Å². The number of nitrogens with zero attached hydrogens (tertiary/aromatic N) is 1. The Kier molecular flexibility index (Phi) is 4.35. The van der Waals surface area contributed by atoms with E-state index in [1.807, 2.05) is 0 Å². The summed E-state index contributed by atoms with van der Waals surface area (Å²) < 4.78 is 27.3. The van der Waals surface area contributed by atoms with Crippen LogP contribution in [0.15, 0.2) is 28.7 Å². The minimum Gasteiger partial charge on any atom is -0.330 e. The molecule has 19 heavy (non-hydrogen) atoms. The van der Waals surface area contributed by atoms with E-state index in [0.717, 1.165) is 10.4 Å². The van der Waals surface area contributed by atoms with Gasteiger partial charge in [-0.25, -0.2) is 13.1 Å². The van der Waals surface area contributed by atoms with E-state index < -0.39 is 10.0 Å². The molecule has 0 radical (unpaired) electrons. The monoisotopic (exact) mass is 300 g/mol. The van der Waals surface area contributed by atoms with Crippen molar-refractivity contribution in [1.29, 1.82) is 0 Å². The van der Waals surface area contributed by atoms with Crippen molar-refractivity contribution in [3.8, 4) is 0 Å². The van der Waals surface area contributed by atoms with Crippen molar-refractivity contribution < 1.29 is 8.42 Å². The van der Waals surface area contributed by atoms with E-state index in [0.29, 0.717) is 17.2 Å². The molecule has 0 amide bonds. The molecule has 2 aromatic heterocycles. The van der Waals surface area contributed by atoms with E-state index in [1.54, 1.807) is 31.5 Å². The van der Waals surface area contributed by atoms with E-state index in [9.17, 15) is 8.42 Å². The van der Waals surface area contributed by atoms with Crippen LogP contribution in [0.2, 0.25) is 0 Å². The van der Waals surface area contributed by atoms with Crippen molar-refractivity contribution in [2.75, 3.05) is 6.54 Å². The van der Waals surface area contributed by atoms with Gasteiger partial charge < -0.3 is 5.73 Å². The van der Waals surface area contributed by atoms with Crippen LogP contribution in [0, 0.1) is 0 Å². The second kappa shape index (κ2) is 5.83. The van der Waals surface area contributed by atoms with Gasteiger partial charge in [0.25, 0.3) is 10.0 Å². The number of hydrogen-bond donors (Lipinski definition) is 3. The van der Waals surface area contributed by atoms with Gasteiger partial charge in [-0.15, -0.1) is 11.3 Å². The molecule has 104 valence electrons. The summed E-state index contributed by atoms with van der Waals surface area (Å²) in [5.41, 5.74) is 6.25. The molecule has 0 aliphatic carbocycles. The first kappa shape index (κ1) is 14.2.